The molecule has 6 heteroatoms. The third-order valence-corrected chi connectivity index (χ3v) is 3.62. The maximum atomic E-state index is 11.8. The second kappa shape index (κ2) is 4.16. The van der Waals surface area contributed by atoms with Gasteiger partial charge in [-0.1, -0.05) is 11.6 Å². The van der Waals surface area contributed by atoms with E-state index in [1.165, 1.54) is 24.2 Å². The number of hydrogen-bond donors (Lipinski definition) is 2. The molecular weight excluding hydrogens is 258 g/mol. The SMILES string of the molecule is O=C(Nc1nc(C2CC2)cs1)c1cc(Cl)c[nH]1. The number of hydrogen-bond acceptors (Lipinski definition) is 3. The van der Waals surface area contributed by atoms with E-state index >= 15 is 0 Å². The van der Waals surface area contributed by atoms with Crippen molar-refractivity contribution in [2.24, 2.45) is 0 Å². The molecular formula is C11H10ClN3OS. The van der Waals surface area contributed by atoms with E-state index in [0.29, 0.717) is 21.8 Å². The molecule has 0 saturated heterocycles. The fraction of sp³-hybridized carbons (Fsp3) is 0.273. The van der Waals surface area contributed by atoms with Gasteiger partial charge in [0.05, 0.1) is 10.7 Å². The van der Waals surface area contributed by atoms with Crippen molar-refractivity contribution in [3.8, 4) is 0 Å². The first kappa shape index (κ1) is 10.8. The van der Waals surface area contributed by atoms with Gasteiger partial charge in [0.15, 0.2) is 5.13 Å². The van der Waals surface area contributed by atoms with E-state index in [2.05, 4.69) is 15.3 Å². The average Bonchev–Trinajstić information content (AvgIpc) is 2.90. The minimum absolute atomic E-state index is 0.214. The van der Waals surface area contributed by atoms with Crippen molar-refractivity contribution in [1.29, 1.82) is 0 Å². The van der Waals surface area contributed by atoms with E-state index in [9.17, 15) is 4.79 Å². The Morgan fingerprint density at radius 2 is 2.41 bits per heavy atom. The van der Waals surface area contributed by atoms with Crippen LogP contribution in [0.3, 0.4) is 0 Å². The monoisotopic (exact) mass is 267 g/mol. The van der Waals surface area contributed by atoms with Gasteiger partial charge in [0.1, 0.15) is 5.69 Å². The Morgan fingerprint density at radius 3 is 3.06 bits per heavy atom. The molecule has 1 aliphatic rings. The summed E-state index contributed by atoms with van der Waals surface area (Å²) >= 11 is 7.19. The molecule has 1 amide bonds. The fourth-order valence-corrected chi connectivity index (χ4v) is 2.52. The number of halogens is 1. The topological polar surface area (TPSA) is 57.8 Å². The van der Waals surface area contributed by atoms with Crippen LogP contribution >= 0.6 is 22.9 Å². The second-order valence-corrected chi connectivity index (χ2v) is 5.33. The van der Waals surface area contributed by atoms with Crippen LogP contribution in [0.5, 0.6) is 0 Å². The molecule has 0 aliphatic heterocycles. The molecule has 0 radical (unpaired) electrons. The summed E-state index contributed by atoms with van der Waals surface area (Å²) in [5.74, 6) is 0.394. The Morgan fingerprint density at radius 1 is 1.59 bits per heavy atom. The van der Waals surface area contributed by atoms with Crippen molar-refractivity contribution in [2.45, 2.75) is 18.8 Å². The van der Waals surface area contributed by atoms with Gasteiger partial charge in [0, 0.05) is 17.5 Å². The molecule has 1 saturated carbocycles. The smallest absolute Gasteiger partial charge is 0.273 e. The van der Waals surface area contributed by atoms with Gasteiger partial charge in [-0.05, 0) is 18.9 Å². The number of aromatic nitrogens is 2. The van der Waals surface area contributed by atoms with Gasteiger partial charge in [0.25, 0.3) is 5.91 Å². The predicted molar refractivity (Wildman–Crippen MR) is 67.8 cm³/mol. The molecule has 88 valence electrons. The second-order valence-electron chi connectivity index (χ2n) is 4.04. The highest BCUT2D eigenvalue weighted by Gasteiger charge is 2.26. The average molecular weight is 268 g/mol. The first-order chi connectivity index (χ1) is 8.22. The molecule has 4 nitrogen and oxygen atoms in total. The number of anilines is 1. The van der Waals surface area contributed by atoms with E-state index in [-0.39, 0.29) is 5.91 Å². The molecule has 0 bridgehead atoms. The maximum absolute atomic E-state index is 11.8. The zero-order chi connectivity index (χ0) is 11.8. The number of amides is 1. The Bertz CT molecular complexity index is 559. The van der Waals surface area contributed by atoms with Crippen LogP contribution in [0.1, 0.15) is 34.9 Å². The summed E-state index contributed by atoms with van der Waals surface area (Å²) in [6.45, 7) is 0. The summed E-state index contributed by atoms with van der Waals surface area (Å²) in [7, 11) is 0. The van der Waals surface area contributed by atoms with Gasteiger partial charge in [-0.15, -0.1) is 11.3 Å². The lowest BCUT2D eigenvalue weighted by Crippen LogP contribution is -2.11. The van der Waals surface area contributed by atoms with Crippen LogP contribution in [0, 0.1) is 0 Å². The highest BCUT2D eigenvalue weighted by molar-refractivity contribution is 7.14. The van der Waals surface area contributed by atoms with Crippen molar-refractivity contribution in [3.05, 3.63) is 34.1 Å². The molecule has 2 heterocycles. The zero-order valence-corrected chi connectivity index (χ0v) is 10.4. The predicted octanol–water partition coefficient (Wildman–Crippen LogP) is 3.25. The fourth-order valence-electron chi connectivity index (χ4n) is 1.57. The van der Waals surface area contributed by atoms with Crippen LogP contribution in [0.25, 0.3) is 0 Å². The van der Waals surface area contributed by atoms with E-state index in [1.807, 2.05) is 5.38 Å². The number of carbonyl (C=O) groups is 1. The van der Waals surface area contributed by atoms with E-state index in [0.717, 1.165) is 5.69 Å². The van der Waals surface area contributed by atoms with Crippen molar-refractivity contribution in [1.82, 2.24) is 9.97 Å². The number of H-pyrrole nitrogens is 1. The largest absolute Gasteiger partial charge is 0.356 e. The number of carbonyl (C=O) groups excluding carboxylic acids is 1. The minimum Gasteiger partial charge on any atom is -0.356 e. The summed E-state index contributed by atoms with van der Waals surface area (Å²) in [4.78, 5) is 19.0. The van der Waals surface area contributed by atoms with Gasteiger partial charge in [-0.2, -0.15) is 0 Å². The minimum atomic E-state index is -0.214. The molecule has 0 spiro atoms. The number of nitrogens with one attached hydrogen (secondary N) is 2. The normalized spacial score (nSPS) is 14.9. The molecule has 17 heavy (non-hydrogen) atoms. The van der Waals surface area contributed by atoms with E-state index < -0.39 is 0 Å². The summed E-state index contributed by atoms with van der Waals surface area (Å²) < 4.78 is 0. The van der Waals surface area contributed by atoms with Crippen LogP contribution in [0.2, 0.25) is 5.02 Å². The molecule has 1 aliphatic carbocycles. The van der Waals surface area contributed by atoms with Crippen molar-refractivity contribution in [2.75, 3.05) is 5.32 Å². The molecule has 3 rings (SSSR count). The quantitative estimate of drug-likeness (QED) is 0.897. The lowest BCUT2D eigenvalue weighted by Gasteiger charge is -1.97. The van der Waals surface area contributed by atoms with Crippen molar-refractivity contribution >= 4 is 34.0 Å². The van der Waals surface area contributed by atoms with E-state index in [1.54, 1.807) is 12.3 Å². The Kier molecular flexibility index (Phi) is 2.64. The van der Waals surface area contributed by atoms with Crippen LogP contribution in [0.4, 0.5) is 5.13 Å². The molecule has 0 unspecified atom stereocenters. The third kappa shape index (κ3) is 2.35. The van der Waals surface area contributed by atoms with Crippen LogP contribution in [-0.4, -0.2) is 15.9 Å². The van der Waals surface area contributed by atoms with Gasteiger partial charge in [-0.3, -0.25) is 10.1 Å². The summed E-state index contributed by atoms with van der Waals surface area (Å²) in [5, 5.41) is 5.92. The van der Waals surface area contributed by atoms with Gasteiger partial charge < -0.3 is 4.98 Å². The lowest BCUT2D eigenvalue weighted by atomic mass is 10.3. The van der Waals surface area contributed by atoms with E-state index in [4.69, 9.17) is 11.6 Å². The number of aromatic amines is 1. The van der Waals surface area contributed by atoms with Crippen molar-refractivity contribution < 1.29 is 4.79 Å². The highest BCUT2D eigenvalue weighted by atomic mass is 35.5. The summed E-state index contributed by atoms with van der Waals surface area (Å²) in [6.07, 6.45) is 4.00. The molecule has 0 aromatic carbocycles. The molecule has 0 atom stereocenters. The van der Waals surface area contributed by atoms with Gasteiger partial charge in [0.2, 0.25) is 0 Å². The Balaban J connectivity index is 1.71. The van der Waals surface area contributed by atoms with Crippen LogP contribution < -0.4 is 5.32 Å². The zero-order valence-electron chi connectivity index (χ0n) is 8.87. The first-order valence-corrected chi connectivity index (χ1v) is 6.59. The van der Waals surface area contributed by atoms with Crippen LogP contribution in [0.15, 0.2) is 17.6 Å². The summed E-state index contributed by atoms with van der Waals surface area (Å²) in [5.41, 5.74) is 1.54. The number of rotatable bonds is 3. The molecule has 2 N–H and O–H groups in total. The summed E-state index contributed by atoms with van der Waals surface area (Å²) in [6, 6.07) is 1.59. The van der Waals surface area contributed by atoms with Gasteiger partial charge >= 0.3 is 0 Å². The highest BCUT2D eigenvalue weighted by Crippen LogP contribution is 2.40. The Labute approximate surface area is 107 Å². The number of thiazole rings is 1. The van der Waals surface area contributed by atoms with Gasteiger partial charge in [-0.25, -0.2) is 4.98 Å². The Hall–Kier alpha value is -1.33. The standard InChI is InChI=1S/C11H10ClN3OS/c12-7-3-8(13-4-7)10(16)15-11-14-9(5-17-11)6-1-2-6/h3-6,13H,1-2H2,(H,14,15,16). The third-order valence-electron chi connectivity index (χ3n) is 2.63. The molecule has 2 aromatic heterocycles. The molecule has 1 fully saturated rings. The maximum Gasteiger partial charge on any atom is 0.273 e. The van der Waals surface area contributed by atoms with Crippen LogP contribution in [-0.2, 0) is 0 Å². The van der Waals surface area contributed by atoms with Crippen molar-refractivity contribution in [3.63, 3.8) is 0 Å². The first-order valence-electron chi connectivity index (χ1n) is 5.33. The lowest BCUT2D eigenvalue weighted by molar-refractivity contribution is 0.102. The molecule has 2 aromatic rings. The number of nitrogens with zero attached hydrogens (tertiary/aromatic N) is 1.